The van der Waals surface area contributed by atoms with Crippen molar-refractivity contribution in [3.8, 4) is 0 Å². The highest BCUT2D eigenvalue weighted by Crippen LogP contribution is 2.34. The Morgan fingerprint density at radius 1 is 1.24 bits per heavy atom. The molecule has 0 unspecified atom stereocenters. The maximum Gasteiger partial charge on any atom is 0.251 e. The van der Waals surface area contributed by atoms with E-state index in [0.29, 0.717) is 29.2 Å². The van der Waals surface area contributed by atoms with Gasteiger partial charge in [-0.05, 0) is 71.3 Å². The van der Waals surface area contributed by atoms with Crippen molar-refractivity contribution in [3.63, 3.8) is 0 Å². The van der Waals surface area contributed by atoms with E-state index in [-0.39, 0.29) is 5.91 Å². The number of nitrogens with zero attached hydrogens (tertiary/aromatic N) is 3. The quantitative estimate of drug-likeness (QED) is 0.714. The average molecular weight is 418 g/mol. The molecule has 0 radical (unpaired) electrons. The second-order valence-electron chi connectivity index (χ2n) is 8.07. The molecule has 7 heteroatoms. The lowest BCUT2D eigenvalue weighted by Crippen LogP contribution is -2.42. The minimum atomic E-state index is -0.117. The fourth-order valence-electron chi connectivity index (χ4n) is 4.36. The summed E-state index contributed by atoms with van der Waals surface area (Å²) < 4.78 is 0. The first-order valence-corrected chi connectivity index (χ1v) is 10.8. The van der Waals surface area contributed by atoms with Crippen LogP contribution in [0.25, 0.3) is 0 Å². The standard InChI is InChI=1S/C22H32ClN5O/c1-5-28(19-8-6-18(7-9-19)27(3)4)21-11-16(23)10-20(15(21)2)22(29)25-13-17-12-24-14-26-17/h10-12,14,18-19H,5-9,13H2,1-4H3,(H,24,26)(H,25,29). The Kier molecular flexibility index (Phi) is 7.19. The minimum Gasteiger partial charge on any atom is -0.369 e. The van der Waals surface area contributed by atoms with Gasteiger partial charge in [-0.2, -0.15) is 0 Å². The van der Waals surface area contributed by atoms with E-state index in [2.05, 4.69) is 46.1 Å². The van der Waals surface area contributed by atoms with Gasteiger partial charge in [-0.15, -0.1) is 0 Å². The van der Waals surface area contributed by atoms with Crippen LogP contribution in [0.5, 0.6) is 0 Å². The van der Waals surface area contributed by atoms with Crippen molar-refractivity contribution < 1.29 is 4.79 Å². The lowest BCUT2D eigenvalue weighted by molar-refractivity contribution is 0.0950. The highest BCUT2D eigenvalue weighted by molar-refractivity contribution is 6.31. The van der Waals surface area contributed by atoms with Crippen LogP contribution in [-0.4, -0.2) is 53.5 Å². The number of amides is 1. The summed E-state index contributed by atoms with van der Waals surface area (Å²) in [6.45, 7) is 5.50. The van der Waals surface area contributed by atoms with Gasteiger partial charge < -0.3 is 20.1 Å². The van der Waals surface area contributed by atoms with Crippen LogP contribution >= 0.6 is 11.6 Å². The maximum atomic E-state index is 12.8. The van der Waals surface area contributed by atoms with Gasteiger partial charge in [0, 0.05) is 41.1 Å². The summed E-state index contributed by atoms with van der Waals surface area (Å²) in [5, 5.41) is 3.55. The molecule has 1 aliphatic rings. The maximum absolute atomic E-state index is 12.8. The first-order valence-electron chi connectivity index (χ1n) is 10.4. The number of carbonyl (C=O) groups excluding carboxylic acids is 1. The van der Waals surface area contributed by atoms with Gasteiger partial charge in [0.05, 0.1) is 18.6 Å². The Labute approximate surface area is 178 Å². The van der Waals surface area contributed by atoms with Gasteiger partial charge in [0.1, 0.15) is 0 Å². The highest BCUT2D eigenvalue weighted by atomic mass is 35.5. The molecule has 3 rings (SSSR count). The number of carbonyl (C=O) groups is 1. The number of halogens is 1. The van der Waals surface area contributed by atoms with Crippen LogP contribution in [0.3, 0.4) is 0 Å². The summed E-state index contributed by atoms with van der Waals surface area (Å²) in [5.41, 5.74) is 3.55. The number of imidazole rings is 1. The van der Waals surface area contributed by atoms with E-state index >= 15 is 0 Å². The number of benzene rings is 1. The number of H-pyrrole nitrogens is 1. The Morgan fingerprint density at radius 2 is 1.93 bits per heavy atom. The monoisotopic (exact) mass is 417 g/mol. The third-order valence-corrected chi connectivity index (χ3v) is 6.29. The minimum absolute atomic E-state index is 0.117. The first kappa shape index (κ1) is 21.7. The first-order chi connectivity index (χ1) is 13.9. The van der Waals surface area contributed by atoms with Crippen LogP contribution < -0.4 is 10.2 Å². The van der Waals surface area contributed by atoms with Crippen LogP contribution in [0, 0.1) is 6.92 Å². The van der Waals surface area contributed by atoms with Gasteiger partial charge in [0.25, 0.3) is 5.91 Å². The van der Waals surface area contributed by atoms with Gasteiger partial charge in [-0.25, -0.2) is 4.98 Å². The van der Waals surface area contributed by atoms with E-state index in [9.17, 15) is 4.79 Å². The summed E-state index contributed by atoms with van der Waals surface area (Å²) in [4.78, 5) is 24.6. The third-order valence-electron chi connectivity index (χ3n) is 6.07. The van der Waals surface area contributed by atoms with E-state index in [1.165, 1.54) is 12.8 Å². The van der Waals surface area contributed by atoms with Crippen LogP contribution in [0.1, 0.15) is 54.2 Å². The smallest absolute Gasteiger partial charge is 0.251 e. The molecule has 1 aromatic heterocycles. The molecule has 29 heavy (non-hydrogen) atoms. The molecule has 2 N–H and O–H groups in total. The van der Waals surface area contributed by atoms with Crippen LogP contribution in [-0.2, 0) is 6.54 Å². The van der Waals surface area contributed by atoms with Crippen LogP contribution in [0.4, 0.5) is 5.69 Å². The zero-order valence-electron chi connectivity index (χ0n) is 17.8. The normalized spacial score (nSPS) is 19.4. The summed E-state index contributed by atoms with van der Waals surface area (Å²) in [6, 6.07) is 4.91. The highest BCUT2D eigenvalue weighted by Gasteiger charge is 2.28. The van der Waals surface area contributed by atoms with Gasteiger partial charge >= 0.3 is 0 Å². The Hall–Kier alpha value is -2.05. The summed E-state index contributed by atoms with van der Waals surface area (Å²) >= 11 is 6.44. The lowest BCUT2D eigenvalue weighted by Gasteiger charge is -2.40. The molecule has 1 aliphatic carbocycles. The second kappa shape index (κ2) is 9.63. The van der Waals surface area contributed by atoms with Gasteiger partial charge in [-0.3, -0.25) is 4.79 Å². The van der Waals surface area contributed by atoms with E-state index in [1.54, 1.807) is 18.6 Å². The topological polar surface area (TPSA) is 64.3 Å². The molecule has 0 saturated heterocycles. The molecule has 0 atom stereocenters. The Bertz CT molecular complexity index is 813. The zero-order chi connectivity index (χ0) is 21.0. The van der Waals surface area contributed by atoms with Crippen LogP contribution in [0.15, 0.2) is 24.7 Å². The summed E-state index contributed by atoms with van der Waals surface area (Å²) in [5.74, 6) is -0.117. The fraction of sp³-hybridized carbons (Fsp3) is 0.545. The zero-order valence-corrected chi connectivity index (χ0v) is 18.6. The molecule has 1 saturated carbocycles. The van der Waals surface area contributed by atoms with Crippen molar-refractivity contribution in [2.75, 3.05) is 25.5 Å². The largest absolute Gasteiger partial charge is 0.369 e. The average Bonchev–Trinajstić information content (AvgIpc) is 3.23. The van der Waals surface area contributed by atoms with Gasteiger partial charge in [0.15, 0.2) is 0 Å². The molecule has 158 valence electrons. The number of hydrogen-bond donors (Lipinski definition) is 2. The molecule has 1 heterocycles. The van der Waals surface area contributed by atoms with Crippen molar-refractivity contribution in [2.24, 2.45) is 0 Å². The molecule has 1 fully saturated rings. The van der Waals surface area contributed by atoms with Gasteiger partial charge in [0.2, 0.25) is 0 Å². The molecule has 1 aromatic carbocycles. The SMILES string of the molecule is CCN(c1cc(Cl)cc(C(=O)NCc2cnc[nH]2)c1C)C1CCC(N(C)C)CC1. The third kappa shape index (κ3) is 5.11. The molecule has 0 bridgehead atoms. The molecule has 6 nitrogen and oxygen atoms in total. The second-order valence-corrected chi connectivity index (χ2v) is 8.51. The van der Waals surface area contributed by atoms with Crippen molar-refractivity contribution in [1.29, 1.82) is 0 Å². The lowest BCUT2D eigenvalue weighted by atomic mass is 9.89. The Balaban J connectivity index is 1.78. The molecular formula is C22H32ClN5O. The molecule has 0 spiro atoms. The Morgan fingerprint density at radius 3 is 2.52 bits per heavy atom. The van der Waals surface area contributed by atoms with Crippen molar-refractivity contribution in [3.05, 3.63) is 46.5 Å². The molecule has 1 amide bonds. The number of aromatic nitrogens is 2. The van der Waals surface area contributed by atoms with E-state index < -0.39 is 0 Å². The summed E-state index contributed by atoms with van der Waals surface area (Å²) in [6.07, 6.45) is 8.03. The van der Waals surface area contributed by atoms with E-state index in [0.717, 1.165) is 36.3 Å². The summed E-state index contributed by atoms with van der Waals surface area (Å²) in [7, 11) is 4.33. The van der Waals surface area contributed by atoms with Crippen LogP contribution in [0.2, 0.25) is 5.02 Å². The number of anilines is 1. The molecule has 2 aromatic rings. The van der Waals surface area contributed by atoms with Crippen molar-refractivity contribution in [1.82, 2.24) is 20.2 Å². The van der Waals surface area contributed by atoms with Crippen molar-refractivity contribution in [2.45, 2.75) is 58.2 Å². The van der Waals surface area contributed by atoms with E-state index in [4.69, 9.17) is 11.6 Å². The predicted octanol–water partition coefficient (Wildman–Crippen LogP) is 4.00. The predicted molar refractivity (Wildman–Crippen MR) is 119 cm³/mol. The van der Waals surface area contributed by atoms with Gasteiger partial charge in [-0.1, -0.05) is 11.6 Å². The number of rotatable bonds is 7. The fourth-order valence-corrected chi connectivity index (χ4v) is 4.57. The molecular weight excluding hydrogens is 386 g/mol. The number of aromatic amines is 1. The van der Waals surface area contributed by atoms with Crippen molar-refractivity contribution >= 4 is 23.2 Å². The number of hydrogen-bond acceptors (Lipinski definition) is 4. The molecule has 0 aliphatic heterocycles. The number of nitrogens with one attached hydrogen (secondary N) is 2. The van der Waals surface area contributed by atoms with E-state index in [1.807, 2.05) is 13.0 Å².